The zero-order valence-electron chi connectivity index (χ0n) is 15.3. The SMILES string of the molecule is CCOc1ccc(-c2ccc(OCCNS(=O)(=O)c3cccnc3)nn2)cc1. The van der Waals surface area contributed by atoms with Crippen molar-refractivity contribution in [2.75, 3.05) is 19.8 Å². The van der Waals surface area contributed by atoms with Crippen LogP contribution >= 0.6 is 0 Å². The van der Waals surface area contributed by atoms with Crippen molar-refractivity contribution in [3.8, 4) is 22.9 Å². The van der Waals surface area contributed by atoms with Gasteiger partial charge in [0.25, 0.3) is 0 Å². The highest BCUT2D eigenvalue weighted by atomic mass is 32.2. The van der Waals surface area contributed by atoms with Gasteiger partial charge in [-0.2, -0.15) is 0 Å². The molecule has 0 spiro atoms. The predicted molar refractivity (Wildman–Crippen MR) is 104 cm³/mol. The molecule has 3 aromatic rings. The van der Waals surface area contributed by atoms with Gasteiger partial charge in [0, 0.05) is 30.6 Å². The normalized spacial score (nSPS) is 11.2. The van der Waals surface area contributed by atoms with Gasteiger partial charge >= 0.3 is 0 Å². The van der Waals surface area contributed by atoms with Crippen molar-refractivity contribution in [2.45, 2.75) is 11.8 Å². The Hall–Kier alpha value is -3.04. The summed E-state index contributed by atoms with van der Waals surface area (Å²) in [4.78, 5) is 3.90. The summed E-state index contributed by atoms with van der Waals surface area (Å²) in [6, 6.07) is 14.1. The van der Waals surface area contributed by atoms with Gasteiger partial charge in [-0.05, 0) is 49.4 Å². The van der Waals surface area contributed by atoms with Gasteiger partial charge < -0.3 is 9.47 Å². The summed E-state index contributed by atoms with van der Waals surface area (Å²) in [6.45, 7) is 2.77. The molecule has 2 heterocycles. The quantitative estimate of drug-likeness (QED) is 0.550. The van der Waals surface area contributed by atoms with Gasteiger partial charge in [-0.1, -0.05) is 0 Å². The van der Waals surface area contributed by atoms with Gasteiger partial charge in [-0.3, -0.25) is 4.98 Å². The molecular weight excluding hydrogens is 380 g/mol. The van der Waals surface area contributed by atoms with Crippen LogP contribution in [-0.4, -0.2) is 43.4 Å². The van der Waals surface area contributed by atoms with Crippen LogP contribution in [0.25, 0.3) is 11.3 Å². The van der Waals surface area contributed by atoms with Crippen molar-refractivity contribution >= 4 is 10.0 Å². The number of nitrogens with one attached hydrogen (secondary N) is 1. The lowest BCUT2D eigenvalue weighted by Gasteiger charge is -2.08. The first kappa shape index (κ1) is 19.7. The molecule has 0 unspecified atom stereocenters. The third-order valence-electron chi connectivity index (χ3n) is 3.69. The second-order valence-corrected chi connectivity index (χ2v) is 7.42. The van der Waals surface area contributed by atoms with Crippen LogP contribution in [0.4, 0.5) is 0 Å². The molecule has 0 bridgehead atoms. The summed E-state index contributed by atoms with van der Waals surface area (Å²) >= 11 is 0. The van der Waals surface area contributed by atoms with Crippen LogP contribution in [0.2, 0.25) is 0 Å². The number of sulfonamides is 1. The summed E-state index contributed by atoms with van der Waals surface area (Å²) in [7, 11) is -3.60. The Kier molecular flexibility index (Phi) is 6.51. The Balaban J connectivity index is 1.51. The molecule has 146 valence electrons. The minimum Gasteiger partial charge on any atom is -0.494 e. The number of pyridine rings is 1. The van der Waals surface area contributed by atoms with E-state index in [1.54, 1.807) is 18.2 Å². The predicted octanol–water partition coefficient (Wildman–Crippen LogP) is 2.29. The average molecular weight is 400 g/mol. The fourth-order valence-corrected chi connectivity index (χ4v) is 3.34. The largest absolute Gasteiger partial charge is 0.494 e. The number of benzene rings is 1. The van der Waals surface area contributed by atoms with Gasteiger partial charge in [-0.15, -0.1) is 10.2 Å². The first-order valence-electron chi connectivity index (χ1n) is 8.68. The summed E-state index contributed by atoms with van der Waals surface area (Å²) in [5.74, 6) is 1.11. The van der Waals surface area contributed by atoms with E-state index in [-0.39, 0.29) is 18.0 Å². The second-order valence-electron chi connectivity index (χ2n) is 5.65. The summed E-state index contributed by atoms with van der Waals surface area (Å²) in [6.07, 6.45) is 2.80. The summed E-state index contributed by atoms with van der Waals surface area (Å²) in [5.41, 5.74) is 1.61. The van der Waals surface area contributed by atoms with E-state index < -0.39 is 10.0 Å². The van der Waals surface area contributed by atoms with Gasteiger partial charge in [0.2, 0.25) is 15.9 Å². The van der Waals surface area contributed by atoms with Gasteiger partial charge in [0.1, 0.15) is 17.3 Å². The second kappa shape index (κ2) is 9.25. The van der Waals surface area contributed by atoms with Gasteiger partial charge in [-0.25, -0.2) is 13.1 Å². The van der Waals surface area contributed by atoms with Crippen molar-refractivity contribution in [3.63, 3.8) is 0 Å². The Morgan fingerprint density at radius 1 is 1.00 bits per heavy atom. The minimum absolute atomic E-state index is 0.0968. The summed E-state index contributed by atoms with van der Waals surface area (Å²) in [5, 5.41) is 8.15. The van der Waals surface area contributed by atoms with Crippen LogP contribution < -0.4 is 14.2 Å². The van der Waals surface area contributed by atoms with Crippen LogP contribution in [0, 0.1) is 0 Å². The van der Waals surface area contributed by atoms with Crippen LogP contribution in [-0.2, 0) is 10.0 Å². The molecule has 0 aliphatic carbocycles. The molecule has 0 saturated carbocycles. The molecule has 0 radical (unpaired) electrons. The highest BCUT2D eigenvalue weighted by Crippen LogP contribution is 2.21. The zero-order valence-corrected chi connectivity index (χ0v) is 16.1. The van der Waals surface area contributed by atoms with Crippen LogP contribution in [0.3, 0.4) is 0 Å². The molecule has 1 N–H and O–H groups in total. The fourth-order valence-electron chi connectivity index (χ4n) is 2.36. The molecule has 3 rings (SSSR count). The molecule has 1 aromatic carbocycles. The van der Waals surface area contributed by atoms with Gasteiger partial charge in [0.15, 0.2) is 0 Å². The van der Waals surface area contributed by atoms with E-state index in [4.69, 9.17) is 9.47 Å². The van der Waals surface area contributed by atoms with Gasteiger partial charge in [0.05, 0.1) is 12.3 Å². The molecule has 0 fully saturated rings. The molecular formula is C19H20N4O4S. The van der Waals surface area contributed by atoms with Crippen molar-refractivity contribution in [1.29, 1.82) is 0 Å². The number of hydrogen-bond acceptors (Lipinski definition) is 7. The molecule has 0 aliphatic heterocycles. The van der Waals surface area contributed by atoms with Crippen molar-refractivity contribution in [1.82, 2.24) is 19.9 Å². The van der Waals surface area contributed by atoms with Crippen LogP contribution in [0.15, 0.2) is 65.8 Å². The lowest BCUT2D eigenvalue weighted by molar-refractivity contribution is 0.307. The van der Waals surface area contributed by atoms with E-state index in [0.29, 0.717) is 18.2 Å². The number of aromatic nitrogens is 3. The zero-order chi connectivity index (χ0) is 19.8. The highest BCUT2D eigenvalue weighted by molar-refractivity contribution is 7.89. The van der Waals surface area contributed by atoms with E-state index >= 15 is 0 Å². The van der Waals surface area contributed by atoms with Crippen LogP contribution in [0.5, 0.6) is 11.6 Å². The maximum absolute atomic E-state index is 12.1. The first-order chi connectivity index (χ1) is 13.6. The smallest absolute Gasteiger partial charge is 0.242 e. The Morgan fingerprint density at radius 2 is 1.82 bits per heavy atom. The van der Waals surface area contributed by atoms with E-state index in [2.05, 4.69) is 19.9 Å². The maximum atomic E-state index is 12.1. The lowest BCUT2D eigenvalue weighted by atomic mass is 10.1. The third kappa shape index (κ3) is 5.24. The Labute approximate surface area is 163 Å². The standard InChI is InChI=1S/C19H20N4O4S/c1-2-26-16-7-5-15(6-8-16)18-9-10-19(23-22-18)27-13-12-21-28(24,25)17-4-3-11-20-14-17/h3-11,14,21H,2,12-13H2,1H3. The molecule has 0 aliphatic rings. The number of hydrogen-bond donors (Lipinski definition) is 1. The molecule has 0 saturated heterocycles. The molecule has 2 aromatic heterocycles. The monoisotopic (exact) mass is 400 g/mol. The first-order valence-corrected chi connectivity index (χ1v) is 10.2. The number of ether oxygens (including phenoxy) is 2. The highest BCUT2D eigenvalue weighted by Gasteiger charge is 2.13. The molecule has 0 atom stereocenters. The Bertz CT molecular complexity index is 979. The van der Waals surface area contributed by atoms with E-state index in [9.17, 15) is 8.42 Å². The maximum Gasteiger partial charge on any atom is 0.242 e. The molecule has 9 heteroatoms. The van der Waals surface area contributed by atoms with Crippen molar-refractivity contribution in [3.05, 3.63) is 60.9 Å². The topological polar surface area (TPSA) is 103 Å². The molecule has 8 nitrogen and oxygen atoms in total. The van der Waals surface area contributed by atoms with E-state index in [1.807, 2.05) is 31.2 Å². The van der Waals surface area contributed by atoms with Crippen molar-refractivity contribution in [2.24, 2.45) is 0 Å². The van der Waals surface area contributed by atoms with Crippen LogP contribution in [0.1, 0.15) is 6.92 Å². The number of rotatable bonds is 9. The van der Waals surface area contributed by atoms with Crippen molar-refractivity contribution < 1.29 is 17.9 Å². The number of nitrogens with zero attached hydrogens (tertiary/aromatic N) is 3. The fraction of sp³-hybridized carbons (Fsp3) is 0.211. The minimum atomic E-state index is -3.60. The Morgan fingerprint density at radius 3 is 2.46 bits per heavy atom. The lowest BCUT2D eigenvalue weighted by Crippen LogP contribution is -2.28. The average Bonchev–Trinajstić information content (AvgIpc) is 2.73. The van der Waals surface area contributed by atoms with E-state index in [0.717, 1.165) is 11.3 Å². The summed E-state index contributed by atoms with van der Waals surface area (Å²) < 4.78 is 37.4. The van der Waals surface area contributed by atoms with E-state index in [1.165, 1.54) is 18.5 Å². The third-order valence-corrected chi connectivity index (χ3v) is 5.14. The molecule has 0 amide bonds. The molecule has 28 heavy (non-hydrogen) atoms.